The van der Waals surface area contributed by atoms with Gasteiger partial charge in [0.15, 0.2) is 0 Å². The SMILES string of the molecule is O=C(c1cc(-c2cccs2)nn1-c1ccccc1)N1CCN(c2ccc(O)cc2)CC1. The average Bonchev–Trinajstić information content (AvgIpc) is 3.50. The lowest BCUT2D eigenvalue weighted by Crippen LogP contribution is -2.49. The molecule has 6 nitrogen and oxygen atoms in total. The highest BCUT2D eigenvalue weighted by Gasteiger charge is 2.26. The van der Waals surface area contributed by atoms with Crippen LogP contribution in [0.5, 0.6) is 5.75 Å². The molecule has 1 saturated heterocycles. The van der Waals surface area contributed by atoms with E-state index in [0.717, 1.165) is 35.0 Å². The first-order valence-electron chi connectivity index (χ1n) is 10.2. The van der Waals surface area contributed by atoms with Crippen molar-refractivity contribution in [2.24, 2.45) is 0 Å². The van der Waals surface area contributed by atoms with Crippen LogP contribution in [0.4, 0.5) is 5.69 Å². The highest BCUT2D eigenvalue weighted by molar-refractivity contribution is 7.13. The summed E-state index contributed by atoms with van der Waals surface area (Å²) >= 11 is 1.61. The molecule has 7 heteroatoms. The van der Waals surface area contributed by atoms with Crippen molar-refractivity contribution in [2.45, 2.75) is 0 Å². The number of para-hydroxylation sites is 1. The number of aromatic hydroxyl groups is 1. The third-order valence-electron chi connectivity index (χ3n) is 5.48. The fraction of sp³-hybridized carbons (Fsp3) is 0.167. The van der Waals surface area contributed by atoms with E-state index in [4.69, 9.17) is 5.10 Å². The molecule has 1 fully saturated rings. The topological polar surface area (TPSA) is 61.6 Å². The number of carbonyl (C=O) groups excluding carboxylic acids is 1. The van der Waals surface area contributed by atoms with Crippen molar-refractivity contribution in [3.63, 3.8) is 0 Å². The molecule has 0 atom stereocenters. The van der Waals surface area contributed by atoms with Crippen LogP contribution in [0.2, 0.25) is 0 Å². The van der Waals surface area contributed by atoms with E-state index in [1.165, 1.54) is 0 Å². The fourth-order valence-corrected chi connectivity index (χ4v) is 4.52. The Morgan fingerprint density at radius 1 is 0.871 bits per heavy atom. The molecule has 1 amide bonds. The standard InChI is InChI=1S/C24H22N4O2S/c29-20-10-8-18(9-11-20)26-12-14-27(15-13-26)24(30)22-17-21(23-7-4-16-31-23)25-28(22)19-5-2-1-3-6-19/h1-11,16-17,29H,12-15H2. The van der Waals surface area contributed by atoms with Crippen LogP contribution in [-0.4, -0.2) is 51.9 Å². The van der Waals surface area contributed by atoms with E-state index < -0.39 is 0 Å². The van der Waals surface area contributed by atoms with Crippen LogP contribution < -0.4 is 4.90 Å². The molecular weight excluding hydrogens is 408 g/mol. The molecule has 0 aliphatic carbocycles. The maximum Gasteiger partial charge on any atom is 0.272 e. The van der Waals surface area contributed by atoms with E-state index in [1.807, 2.05) is 70.9 Å². The summed E-state index contributed by atoms with van der Waals surface area (Å²) in [5.41, 5.74) is 3.31. The maximum absolute atomic E-state index is 13.5. The third-order valence-corrected chi connectivity index (χ3v) is 6.38. The highest BCUT2D eigenvalue weighted by atomic mass is 32.1. The predicted molar refractivity (Wildman–Crippen MR) is 123 cm³/mol. The second-order valence-corrected chi connectivity index (χ2v) is 8.38. The predicted octanol–water partition coefficient (Wildman–Crippen LogP) is 4.27. The van der Waals surface area contributed by atoms with Crippen LogP contribution in [0.3, 0.4) is 0 Å². The van der Waals surface area contributed by atoms with Gasteiger partial charge in [0.1, 0.15) is 17.1 Å². The summed E-state index contributed by atoms with van der Waals surface area (Å²) < 4.78 is 1.75. The lowest BCUT2D eigenvalue weighted by atomic mass is 10.2. The molecule has 0 spiro atoms. The first kappa shape index (κ1) is 19.4. The molecule has 0 bridgehead atoms. The number of piperazine rings is 1. The summed E-state index contributed by atoms with van der Waals surface area (Å²) in [6.07, 6.45) is 0. The molecule has 3 heterocycles. The molecule has 31 heavy (non-hydrogen) atoms. The lowest BCUT2D eigenvalue weighted by molar-refractivity contribution is 0.0737. The van der Waals surface area contributed by atoms with Crippen LogP contribution in [0.1, 0.15) is 10.5 Å². The minimum Gasteiger partial charge on any atom is -0.508 e. The van der Waals surface area contributed by atoms with Crippen molar-refractivity contribution in [1.29, 1.82) is 0 Å². The molecule has 0 radical (unpaired) electrons. The minimum atomic E-state index is -0.00971. The van der Waals surface area contributed by atoms with E-state index in [2.05, 4.69) is 4.90 Å². The van der Waals surface area contributed by atoms with Crippen LogP contribution in [-0.2, 0) is 0 Å². The Bertz CT molecular complexity index is 1160. The number of amides is 1. The molecule has 1 N–H and O–H groups in total. The molecule has 5 rings (SSSR count). The zero-order valence-electron chi connectivity index (χ0n) is 16.9. The number of thiophene rings is 1. The molecule has 4 aromatic rings. The minimum absolute atomic E-state index is 0.00971. The van der Waals surface area contributed by atoms with Crippen LogP contribution in [0, 0.1) is 0 Å². The molecular formula is C24H22N4O2S. The van der Waals surface area contributed by atoms with E-state index in [0.29, 0.717) is 18.8 Å². The Kier molecular flexibility index (Phi) is 5.18. The van der Waals surface area contributed by atoms with Gasteiger partial charge in [0.25, 0.3) is 5.91 Å². The molecule has 1 aliphatic rings. The first-order valence-corrected chi connectivity index (χ1v) is 11.1. The molecule has 0 unspecified atom stereocenters. The molecule has 156 valence electrons. The molecule has 1 aliphatic heterocycles. The number of nitrogens with zero attached hydrogens (tertiary/aromatic N) is 4. The zero-order chi connectivity index (χ0) is 21.2. The molecule has 2 aromatic carbocycles. The van der Waals surface area contributed by atoms with Crippen molar-refractivity contribution < 1.29 is 9.90 Å². The van der Waals surface area contributed by atoms with Gasteiger partial charge in [-0.1, -0.05) is 24.3 Å². The van der Waals surface area contributed by atoms with Crippen LogP contribution >= 0.6 is 11.3 Å². The summed E-state index contributed by atoms with van der Waals surface area (Å²) in [7, 11) is 0. The number of carbonyl (C=O) groups is 1. The maximum atomic E-state index is 13.5. The van der Waals surface area contributed by atoms with Crippen LogP contribution in [0.25, 0.3) is 16.3 Å². The van der Waals surface area contributed by atoms with Gasteiger partial charge in [-0.15, -0.1) is 11.3 Å². The van der Waals surface area contributed by atoms with Crippen molar-refractivity contribution in [2.75, 3.05) is 31.1 Å². The number of benzene rings is 2. The number of hydrogen-bond acceptors (Lipinski definition) is 5. The average molecular weight is 431 g/mol. The van der Waals surface area contributed by atoms with Gasteiger partial charge < -0.3 is 14.9 Å². The van der Waals surface area contributed by atoms with Gasteiger partial charge >= 0.3 is 0 Å². The van der Waals surface area contributed by atoms with E-state index in [-0.39, 0.29) is 11.7 Å². The van der Waals surface area contributed by atoms with Gasteiger partial charge in [-0.2, -0.15) is 5.10 Å². The van der Waals surface area contributed by atoms with Crippen molar-refractivity contribution in [3.05, 3.63) is 83.9 Å². The lowest BCUT2D eigenvalue weighted by Gasteiger charge is -2.36. The Morgan fingerprint density at radius 2 is 1.61 bits per heavy atom. The van der Waals surface area contributed by atoms with Crippen molar-refractivity contribution in [1.82, 2.24) is 14.7 Å². The van der Waals surface area contributed by atoms with Gasteiger partial charge in [-0.05, 0) is 53.9 Å². The largest absolute Gasteiger partial charge is 0.508 e. The van der Waals surface area contributed by atoms with Crippen molar-refractivity contribution >= 4 is 22.9 Å². The fourth-order valence-electron chi connectivity index (χ4n) is 3.84. The number of hydrogen-bond donors (Lipinski definition) is 1. The summed E-state index contributed by atoms with van der Waals surface area (Å²) in [5, 5.41) is 16.3. The monoisotopic (exact) mass is 430 g/mol. The number of phenolic OH excluding ortho intramolecular Hbond substituents is 1. The molecule has 2 aromatic heterocycles. The van der Waals surface area contributed by atoms with Crippen LogP contribution in [0.15, 0.2) is 78.2 Å². The number of aromatic nitrogens is 2. The Hall–Kier alpha value is -3.58. The Labute approximate surface area is 184 Å². The van der Waals surface area contributed by atoms with Gasteiger partial charge in [0, 0.05) is 31.9 Å². The molecule has 0 saturated carbocycles. The summed E-state index contributed by atoms with van der Waals surface area (Å²) in [6, 6.07) is 22.9. The van der Waals surface area contributed by atoms with Gasteiger partial charge in [-0.25, -0.2) is 4.68 Å². The first-order chi connectivity index (χ1) is 15.2. The van der Waals surface area contributed by atoms with E-state index in [9.17, 15) is 9.90 Å². The number of phenols is 1. The van der Waals surface area contributed by atoms with E-state index >= 15 is 0 Å². The second kappa shape index (κ2) is 8.28. The smallest absolute Gasteiger partial charge is 0.272 e. The Morgan fingerprint density at radius 3 is 2.29 bits per heavy atom. The van der Waals surface area contributed by atoms with Crippen molar-refractivity contribution in [3.8, 4) is 22.0 Å². The van der Waals surface area contributed by atoms with Gasteiger partial charge in [0.2, 0.25) is 0 Å². The quantitative estimate of drug-likeness (QED) is 0.525. The summed E-state index contributed by atoms with van der Waals surface area (Å²) in [5.74, 6) is 0.248. The number of anilines is 1. The third kappa shape index (κ3) is 3.92. The summed E-state index contributed by atoms with van der Waals surface area (Å²) in [6.45, 7) is 2.75. The Balaban J connectivity index is 1.39. The highest BCUT2D eigenvalue weighted by Crippen LogP contribution is 2.27. The normalized spacial score (nSPS) is 14.1. The number of rotatable bonds is 4. The summed E-state index contributed by atoms with van der Waals surface area (Å²) in [4.78, 5) is 18.6. The van der Waals surface area contributed by atoms with E-state index in [1.54, 1.807) is 28.2 Å². The van der Waals surface area contributed by atoms with Gasteiger partial charge in [-0.3, -0.25) is 4.79 Å². The van der Waals surface area contributed by atoms with Gasteiger partial charge in [0.05, 0.1) is 10.6 Å². The zero-order valence-corrected chi connectivity index (χ0v) is 17.7. The second-order valence-electron chi connectivity index (χ2n) is 7.44.